The third-order valence-corrected chi connectivity index (χ3v) is 3.69. The van der Waals surface area contributed by atoms with Crippen molar-refractivity contribution in [3.8, 4) is 0 Å². The first-order valence-electron chi connectivity index (χ1n) is 7.57. The van der Waals surface area contributed by atoms with E-state index in [0.29, 0.717) is 0 Å². The fraction of sp³-hybridized carbons (Fsp3) is 0.176. The number of hydrogen-bond acceptors (Lipinski definition) is 4. The molecular formula is C17H13F5N2O4. The molecule has 0 aliphatic heterocycles. The van der Waals surface area contributed by atoms with Crippen LogP contribution >= 0.6 is 0 Å². The van der Waals surface area contributed by atoms with Crippen LogP contribution in [0.4, 0.5) is 26.7 Å². The number of carbonyl (C=O) groups is 2. The Bertz CT molecular complexity index is 876. The van der Waals surface area contributed by atoms with Crippen molar-refractivity contribution in [1.29, 1.82) is 0 Å². The number of benzene rings is 2. The van der Waals surface area contributed by atoms with Gasteiger partial charge in [0.1, 0.15) is 6.10 Å². The van der Waals surface area contributed by atoms with Gasteiger partial charge < -0.3 is 10.5 Å². The molecule has 3 N–H and O–H groups in total. The molecule has 0 spiro atoms. The first kappa shape index (κ1) is 21.1. The molecule has 1 unspecified atom stereocenters. The van der Waals surface area contributed by atoms with Gasteiger partial charge in [-0.25, -0.2) is 32.2 Å². The van der Waals surface area contributed by atoms with Gasteiger partial charge in [0.25, 0.3) is 5.91 Å². The van der Waals surface area contributed by atoms with E-state index in [9.17, 15) is 31.5 Å². The summed E-state index contributed by atoms with van der Waals surface area (Å²) in [4.78, 5) is 27.2. The molecule has 2 amide bonds. The maximum atomic E-state index is 13.9. The Kier molecular flexibility index (Phi) is 6.52. The molecule has 0 fully saturated rings. The van der Waals surface area contributed by atoms with Gasteiger partial charge >= 0.3 is 6.09 Å². The molecule has 6 nitrogen and oxygen atoms in total. The van der Waals surface area contributed by atoms with Gasteiger partial charge in [0.15, 0.2) is 23.3 Å². The van der Waals surface area contributed by atoms with Gasteiger partial charge in [0.2, 0.25) is 5.82 Å². The lowest BCUT2D eigenvalue weighted by molar-refractivity contribution is 0.0537. The average molecular weight is 404 g/mol. The van der Waals surface area contributed by atoms with Gasteiger partial charge in [-0.3, -0.25) is 9.63 Å². The Morgan fingerprint density at radius 1 is 0.964 bits per heavy atom. The highest BCUT2D eigenvalue weighted by Gasteiger charge is 2.29. The maximum absolute atomic E-state index is 13.9. The zero-order valence-corrected chi connectivity index (χ0v) is 14.2. The minimum absolute atomic E-state index is 0.0942. The minimum Gasteiger partial charge on any atom is -0.441 e. The molecule has 0 radical (unpaired) electrons. The number of primary amides is 1. The summed E-state index contributed by atoms with van der Waals surface area (Å²) in [5.74, 6) is -11.3. The van der Waals surface area contributed by atoms with Crippen LogP contribution in [0.3, 0.4) is 0 Å². The largest absolute Gasteiger partial charge is 0.441 e. The van der Waals surface area contributed by atoms with Gasteiger partial charge in [0.05, 0.1) is 7.11 Å². The Labute approximate surface area is 155 Å². The number of hydroxylamine groups is 1. The molecule has 0 bridgehead atoms. The molecule has 11 heteroatoms. The summed E-state index contributed by atoms with van der Waals surface area (Å²) in [6, 6.07) is 5.04. The van der Waals surface area contributed by atoms with Gasteiger partial charge in [-0.2, -0.15) is 0 Å². The molecule has 0 saturated carbocycles. The SMILES string of the molecule is CONC(=O)c1ccc(C(Cc2c(F)c(F)c(F)c(F)c2F)OC(N)=O)cc1. The highest BCUT2D eigenvalue weighted by Crippen LogP contribution is 2.29. The summed E-state index contributed by atoms with van der Waals surface area (Å²) in [5.41, 5.74) is 6.02. The van der Waals surface area contributed by atoms with Crippen LogP contribution in [0.5, 0.6) is 0 Å². The number of nitrogens with two attached hydrogens (primary N) is 1. The van der Waals surface area contributed by atoms with Gasteiger partial charge in [0, 0.05) is 17.5 Å². The summed E-state index contributed by atoms with van der Waals surface area (Å²) >= 11 is 0. The van der Waals surface area contributed by atoms with E-state index in [4.69, 9.17) is 10.5 Å². The van der Waals surface area contributed by atoms with Crippen LogP contribution in [0.1, 0.15) is 27.6 Å². The first-order chi connectivity index (χ1) is 13.2. The van der Waals surface area contributed by atoms with Crippen molar-refractivity contribution in [3.05, 3.63) is 70.0 Å². The monoisotopic (exact) mass is 404 g/mol. The fourth-order valence-corrected chi connectivity index (χ4v) is 2.38. The Morgan fingerprint density at radius 2 is 1.46 bits per heavy atom. The number of hydrogen-bond donors (Lipinski definition) is 2. The Hall–Kier alpha value is -3.21. The van der Waals surface area contributed by atoms with Crippen molar-refractivity contribution < 1.29 is 41.1 Å². The standard InChI is InChI=1S/C17H13F5N2O4/c1-27-24-16(25)8-4-2-7(3-5-8)10(28-17(23)26)6-9-11(18)13(20)15(22)14(21)12(9)19/h2-5,10H,6H2,1H3,(H2,23,26)(H,24,25). The second-order valence-corrected chi connectivity index (χ2v) is 5.44. The lowest BCUT2D eigenvalue weighted by Gasteiger charge is -2.19. The van der Waals surface area contributed by atoms with Crippen LogP contribution in [-0.2, 0) is 16.0 Å². The van der Waals surface area contributed by atoms with E-state index < -0.39 is 59.2 Å². The predicted octanol–water partition coefficient (Wildman–Crippen LogP) is 3.05. The van der Waals surface area contributed by atoms with Crippen molar-refractivity contribution in [2.24, 2.45) is 5.73 Å². The fourth-order valence-electron chi connectivity index (χ4n) is 2.38. The summed E-state index contributed by atoms with van der Waals surface area (Å²) in [6.07, 6.45) is -3.71. The van der Waals surface area contributed by atoms with E-state index >= 15 is 0 Å². The van der Waals surface area contributed by atoms with Crippen molar-refractivity contribution in [1.82, 2.24) is 5.48 Å². The number of halogens is 5. The van der Waals surface area contributed by atoms with E-state index in [1.54, 1.807) is 0 Å². The summed E-state index contributed by atoms with van der Waals surface area (Å²) in [7, 11) is 1.22. The molecule has 0 heterocycles. The molecule has 150 valence electrons. The quantitative estimate of drug-likeness (QED) is 0.335. The molecule has 0 aromatic heterocycles. The molecule has 0 aliphatic carbocycles. The number of carbonyl (C=O) groups excluding carboxylic acids is 2. The van der Waals surface area contributed by atoms with E-state index in [1.807, 2.05) is 0 Å². The zero-order valence-electron chi connectivity index (χ0n) is 14.2. The van der Waals surface area contributed by atoms with Crippen LogP contribution in [0.25, 0.3) is 0 Å². The van der Waals surface area contributed by atoms with Crippen molar-refractivity contribution in [2.75, 3.05) is 7.11 Å². The summed E-state index contributed by atoms with van der Waals surface area (Å²) in [6.45, 7) is 0. The van der Waals surface area contributed by atoms with Crippen molar-refractivity contribution in [3.63, 3.8) is 0 Å². The maximum Gasteiger partial charge on any atom is 0.405 e. The third-order valence-electron chi connectivity index (χ3n) is 3.69. The summed E-state index contributed by atoms with van der Waals surface area (Å²) in [5, 5.41) is 0. The summed E-state index contributed by atoms with van der Waals surface area (Å²) < 4.78 is 72.5. The van der Waals surface area contributed by atoms with Crippen LogP contribution in [0.15, 0.2) is 24.3 Å². The number of ether oxygens (including phenoxy) is 1. The normalized spacial score (nSPS) is 11.8. The van der Waals surface area contributed by atoms with Crippen LogP contribution in [0, 0.1) is 29.1 Å². The Morgan fingerprint density at radius 3 is 1.93 bits per heavy atom. The number of amides is 2. The van der Waals surface area contributed by atoms with E-state index in [0.717, 1.165) is 0 Å². The highest BCUT2D eigenvalue weighted by atomic mass is 19.2. The first-order valence-corrected chi connectivity index (χ1v) is 7.57. The van der Waals surface area contributed by atoms with E-state index in [1.165, 1.54) is 31.4 Å². The molecule has 28 heavy (non-hydrogen) atoms. The van der Waals surface area contributed by atoms with Crippen LogP contribution in [0.2, 0.25) is 0 Å². The second kappa shape index (κ2) is 8.65. The lowest BCUT2D eigenvalue weighted by Crippen LogP contribution is -2.22. The lowest BCUT2D eigenvalue weighted by atomic mass is 9.98. The highest BCUT2D eigenvalue weighted by molar-refractivity contribution is 5.93. The van der Waals surface area contributed by atoms with E-state index in [-0.39, 0.29) is 11.1 Å². The molecule has 0 aliphatic rings. The molecule has 2 rings (SSSR count). The molecular weight excluding hydrogens is 391 g/mol. The third kappa shape index (κ3) is 4.36. The van der Waals surface area contributed by atoms with Gasteiger partial charge in [-0.1, -0.05) is 12.1 Å². The van der Waals surface area contributed by atoms with Crippen molar-refractivity contribution in [2.45, 2.75) is 12.5 Å². The Balaban J connectivity index is 2.41. The molecule has 1 atom stereocenters. The van der Waals surface area contributed by atoms with Gasteiger partial charge in [-0.05, 0) is 17.7 Å². The number of nitrogens with one attached hydrogen (secondary N) is 1. The van der Waals surface area contributed by atoms with Crippen molar-refractivity contribution >= 4 is 12.0 Å². The minimum atomic E-state index is -2.31. The zero-order chi connectivity index (χ0) is 21.0. The topological polar surface area (TPSA) is 90.7 Å². The molecule has 0 saturated heterocycles. The van der Waals surface area contributed by atoms with Crippen LogP contribution in [-0.4, -0.2) is 19.1 Å². The smallest absolute Gasteiger partial charge is 0.405 e. The second-order valence-electron chi connectivity index (χ2n) is 5.44. The number of rotatable bonds is 6. The van der Waals surface area contributed by atoms with Crippen LogP contribution < -0.4 is 11.2 Å². The molecule has 2 aromatic rings. The average Bonchev–Trinajstić information content (AvgIpc) is 2.67. The van der Waals surface area contributed by atoms with E-state index in [2.05, 4.69) is 10.3 Å². The molecule has 2 aromatic carbocycles. The predicted molar refractivity (Wildman–Crippen MR) is 84.3 cm³/mol. The van der Waals surface area contributed by atoms with Gasteiger partial charge in [-0.15, -0.1) is 0 Å².